The zero-order valence-electron chi connectivity index (χ0n) is 13.7. The number of imidazole rings is 1. The van der Waals surface area contributed by atoms with E-state index >= 15 is 0 Å². The van der Waals surface area contributed by atoms with Crippen LogP contribution in [0.3, 0.4) is 0 Å². The highest BCUT2D eigenvalue weighted by Crippen LogP contribution is 2.49. The summed E-state index contributed by atoms with van der Waals surface area (Å²) in [4.78, 5) is 5.43. The minimum absolute atomic E-state index is 0.285. The van der Waals surface area contributed by atoms with Crippen molar-refractivity contribution in [3.05, 3.63) is 40.4 Å². The van der Waals surface area contributed by atoms with Crippen LogP contribution in [0.1, 0.15) is 19.5 Å². The Labute approximate surface area is 149 Å². The molecule has 2 heterocycles. The summed E-state index contributed by atoms with van der Waals surface area (Å²) < 4.78 is 26.5. The van der Waals surface area contributed by atoms with Crippen molar-refractivity contribution in [2.75, 3.05) is 13.2 Å². The summed E-state index contributed by atoms with van der Waals surface area (Å²) in [5, 5.41) is 2.61. The van der Waals surface area contributed by atoms with Gasteiger partial charge < -0.3 is 9.05 Å². The smallest absolute Gasteiger partial charge is 0.304 e. The number of benzene rings is 1. The molecule has 3 rings (SSSR count). The third-order valence-electron chi connectivity index (χ3n) is 3.49. The topological polar surface area (TPSA) is 52.8 Å². The summed E-state index contributed by atoms with van der Waals surface area (Å²) in [5.74, 6) is 0. The fourth-order valence-electron chi connectivity index (χ4n) is 2.53. The van der Waals surface area contributed by atoms with Crippen molar-refractivity contribution in [1.29, 1.82) is 0 Å². The second kappa shape index (κ2) is 6.98. The van der Waals surface area contributed by atoms with E-state index in [0.717, 1.165) is 16.2 Å². The first-order valence-corrected chi connectivity index (χ1v) is 10.4. The average molecular weight is 385 g/mol. The molecule has 3 aromatic rings. The third-order valence-corrected chi connectivity index (χ3v) is 6.81. The lowest BCUT2D eigenvalue weighted by Crippen LogP contribution is -2.18. The van der Waals surface area contributed by atoms with Crippen LogP contribution in [-0.2, 0) is 13.6 Å². The minimum atomic E-state index is -3.50. The van der Waals surface area contributed by atoms with E-state index in [1.54, 1.807) is 26.0 Å². The van der Waals surface area contributed by atoms with Crippen molar-refractivity contribution < 1.29 is 13.6 Å². The van der Waals surface area contributed by atoms with Crippen LogP contribution in [0.15, 0.2) is 29.6 Å². The second-order valence-corrected chi connectivity index (χ2v) is 8.33. The van der Waals surface area contributed by atoms with Crippen molar-refractivity contribution in [1.82, 2.24) is 9.38 Å². The lowest BCUT2D eigenvalue weighted by atomic mass is 10.2. The summed E-state index contributed by atoms with van der Waals surface area (Å²) >= 11 is 7.48. The zero-order chi connectivity index (χ0) is 17.3. The fraction of sp³-hybridized carbons (Fsp3) is 0.312. The van der Waals surface area contributed by atoms with E-state index in [0.29, 0.717) is 16.2 Å². The maximum absolute atomic E-state index is 13.5. The Morgan fingerprint density at radius 2 is 1.83 bits per heavy atom. The molecule has 0 fully saturated rings. The summed E-state index contributed by atoms with van der Waals surface area (Å²) in [6.45, 7) is 6.11. The molecule has 0 aliphatic rings. The third kappa shape index (κ3) is 3.05. The molecule has 0 saturated heterocycles. The predicted octanol–water partition coefficient (Wildman–Crippen LogP) is 4.92. The summed E-state index contributed by atoms with van der Waals surface area (Å²) in [6, 6.07) is 7.28. The van der Waals surface area contributed by atoms with Crippen molar-refractivity contribution in [3.63, 3.8) is 0 Å². The Bertz CT molecular complexity index is 894. The molecular formula is C16H18ClN2O3PS. The molecule has 5 nitrogen and oxygen atoms in total. The average Bonchev–Trinajstić information content (AvgIpc) is 3.09. The van der Waals surface area contributed by atoms with Gasteiger partial charge in [-0.05, 0) is 32.9 Å². The van der Waals surface area contributed by atoms with Crippen LogP contribution in [0.5, 0.6) is 0 Å². The summed E-state index contributed by atoms with van der Waals surface area (Å²) in [6.07, 6.45) is 0. The number of aryl methyl sites for hydroxylation is 1. The Hall–Kier alpha value is -1.17. The van der Waals surface area contributed by atoms with Gasteiger partial charge in [-0.15, -0.1) is 11.3 Å². The van der Waals surface area contributed by atoms with Gasteiger partial charge in [-0.25, -0.2) is 4.98 Å². The number of aromatic nitrogens is 2. The van der Waals surface area contributed by atoms with Gasteiger partial charge in [0.25, 0.3) is 0 Å². The Balaban J connectivity index is 2.30. The molecule has 2 aromatic heterocycles. The maximum atomic E-state index is 13.5. The van der Waals surface area contributed by atoms with Crippen LogP contribution in [0, 0.1) is 6.92 Å². The molecule has 0 unspecified atom stereocenters. The number of halogens is 1. The van der Waals surface area contributed by atoms with Gasteiger partial charge >= 0.3 is 7.60 Å². The van der Waals surface area contributed by atoms with Crippen molar-refractivity contribution in [3.8, 4) is 11.3 Å². The first-order valence-electron chi connectivity index (χ1n) is 7.62. The van der Waals surface area contributed by atoms with Crippen LogP contribution in [0.25, 0.3) is 16.2 Å². The van der Waals surface area contributed by atoms with E-state index in [1.165, 1.54) is 11.3 Å². The molecular weight excluding hydrogens is 367 g/mol. The Morgan fingerprint density at radius 1 is 1.21 bits per heavy atom. The van der Waals surface area contributed by atoms with Crippen LogP contribution >= 0.6 is 30.5 Å². The van der Waals surface area contributed by atoms with E-state index in [9.17, 15) is 4.57 Å². The van der Waals surface area contributed by atoms with Gasteiger partial charge in [0.2, 0.25) is 0 Å². The lowest BCUT2D eigenvalue weighted by molar-refractivity contribution is 0.229. The van der Waals surface area contributed by atoms with Gasteiger partial charge in [-0.1, -0.05) is 23.7 Å². The molecule has 0 spiro atoms. The van der Waals surface area contributed by atoms with Crippen LogP contribution < -0.4 is 5.44 Å². The number of thiazole rings is 1. The first kappa shape index (κ1) is 17.6. The molecule has 1 aromatic carbocycles. The van der Waals surface area contributed by atoms with Gasteiger partial charge in [-0.3, -0.25) is 8.97 Å². The number of fused-ring (bicyclic) bond motifs is 1. The van der Waals surface area contributed by atoms with E-state index in [-0.39, 0.29) is 13.2 Å². The van der Waals surface area contributed by atoms with Crippen LogP contribution in [-0.4, -0.2) is 22.6 Å². The Kier molecular flexibility index (Phi) is 5.13. The lowest BCUT2D eigenvalue weighted by Gasteiger charge is -2.18. The molecule has 0 atom stereocenters. The maximum Gasteiger partial charge on any atom is 0.380 e. The van der Waals surface area contributed by atoms with E-state index in [2.05, 4.69) is 4.98 Å². The predicted molar refractivity (Wildman–Crippen MR) is 98.7 cm³/mol. The highest BCUT2D eigenvalue weighted by molar-refractivity contribution is 7.62. The van der Waals surface area contributed by atoms with Gasteiger partial charge in [0, 0.05) is 21.7 Å². The van der Waals surface area contributed by atoms with Crippen LogP contribution in [0.2, 0.25) is 5.02 Å². The molecule has 0 saturated carbocycles. The molecule has 8 heteroatoms. The van der Waals surface area contributed by atoms with E-state index < -0.39 is 7.60 Å². The molecule has 0 amide bonds. The molecule has 0 bridgehead atoms. The van der Waals surface area contributed by atoms with Gasteiger partial charge in [0.1, 0.15) is 5.69 Å². The highest BCUT2D eigenvalue weighted by Gasteiger charge is 2.36. The Morgan fingerprint density at radius 3 is 2.42 bits per heavy atom. The largest absolute Gasteiger partial charge is 0.380 e. The molecule has 128 valence electrons. The summed E-state index contributed by atoms with van der Waals surface area (Å²) in [7, 11) is -3.50. The number of hydrogen-bond acceptors (Lipinski definition) is 5. The number of rotatable bonds is 6. The molecule has 24 heavy (non-hydrogen) atoms. The summed E-state index contributed by atoms with van der Waals surface area (Å²) in [5.41, 5.74) is 2.84. The minimum Gasteiger partial charge on any atom is -0.304 e. The normalized spacial score (nSPS) is 12.2. The monoisotopic (exact) mass is 384 g/mol. The van der Waals surface area contributed by atoms with Gasteiger partial charge in [0.15, 0.2) is 10.4 Å². The molecule has 0 aliphatic carbocycles. The first-order chi connectivity index (χ1) is 11.5. The zero-order valence-corrected chi connectivity index (χ0v) is 16.1. The number of nitrogens with zero attached hydrogens (tertiary/aromatic N) is 2. The second-order valence-electron chi connectivity index (χ2n) is 5.12. The highest BCUT2D eigenvalue weighted by atomic mass is 35.5. The SMILES string of the molecule is CCOP(=O)(OCC)c1c(-c2ccc(Cl)cc2)nc2scc(C)n12. The molecule has 0 N–H and O–H groups in total. The van der Waals surface area contributed by atoms with Crippen LogP contribution in [0.4, 0.5) is 0 Å². The van der Waals surface area contributed by atoms with Crippen molar-refractivity contribution >= 4 is 40.9 Å². The quantitative estimate of drug-likeness (QED) is 0.566. The van der Waals surface area contributed by atoms with E-state index in [1.807, 2.05) is 28.8 Å². The van der Waals surface area contributed by atoms with Gasteiger partial charge in [-0.2, -0.15) is 0 Å². The van der Waals surface area contributed by atoms with Crippen molar-refractivity contribution in [2.24, 2.45) is 0 Å². The fourth-order valence-corrected chi connectivity index (χ4v) is 5.53. The van der Waals surface area contributed by atoms with Crippen molar-refractivity contribution in [2.45, 2.75) is 20.8 Å². The number of hydrogen-bond donors (Lipinski definition) is 0. The standard InChI is InChI=1S/C16H18ClN2O3PS/c1-4-21-23(20,22-5-2)15-14(12-6-8-13(17)9-7-12)18-16-19(15)11(3)10-24-16/h6-10H,4-5H2,1-3H3. The van der Waals surface area contributed by atoms with Gasteiger partial charge in [0.05, 0.1) is 13.2 Å². The van der Waals surface area contributed by atoms with E-state index in [4.69, 9.17) is 20.6 Å². The molecule has 0 radical (unpaired) electrons. The molecule has 0 aliphatic heterocycles.